The van der Waals surface area contributed by atoms with E-state index in [9.17, 15) is 35.9 Å². The van der Waals surface area contributed by atoms with Crippen LogP contribution in [-0.4, -0.2) is 61.8 Å². The van der Waals surface area contributed by atoms with E-state index >= 15 is 0 Å². The fourth-order valence-corrected chi connectivity index (χ4v) is 6.09. The molecule has 0 fully saturated rings. The summed E-state index contributed by atoms with van der Waals surface area (Å²) in [6.07, 6.45) is -9.03. The van der Waals surface area contributed by atoms with E-state index in [1.807, 2.05) is 24.3 Å². The molecule has 6 rings (SSSR count). The summed E-state index contributed by atoms with van der Waals surface area (Å²) in [6.45, 7) is -3.47. The third-order valence-electron chi connectivity index (χ3n) is 7.23. The number of para-hydroxylation sites is 1. The maximum Gasteiger partial charge on any atom is 0.406 e. The number of rotatable bonds is 4. The number of carbonyl (C=O) groups excluding carboxylic acids is 2. The molecule has 0 aromatic heterocycles. The third-order valence-corrected chi connectivity index (χ3v) is 8.49. The van der Waals surface area contributed by atoms with Gasteiger partial charge in [0.2, 0.25) is 11.8 Å². The minimum absolute atomic E-state index is 0.0999. The second kappa shape index (κ2) is 14.7. The van der Waals surface area contributed by atoms with Crippen molar-refractivity contribution >= 4 is 73.7 Å². The average Bonchev–Trinajstić information content (AvgIpc) is 3.24. The maximum atomic E-state index is 12.9. The molecule has 2 aliphatic rings. The van der Waals surface area contributed by atoms with Crippen molar-refractivity contribution in [3.63, 3.8) is 0 Å². The van der Waals surface area contributed by atoms with Crippen molar-refractivity contribution in [1.82, 2.24) is 0 Å². The SMILES string of the molecule is O=C1CN=C(c2ccccc2Br)c2ccccc2N1CC(F)(F)F.O=C1CN=C(c2ccccc2Cl)c2cc(Cl)ccc2N1CC(F)(F)F. The zero-order valence-corrected chi connectivity index (χ0v) is 28.1. The van der Waals surface area contributed by atoms with E-state index in [1.54, 1.807) is 42.5 Å². The molecule has 4 aromatic rings. The van der Waals surface area contributed by atoms with Gasteiger partial charge in [-0.15, -0.1) is 0 Å². The summed E-state index contributed by atoms with van der Waals surface area (Å²) in [5, 5.41) is 0.698. The van der Waals surface area contributed by atoms with Crippen LogP contribution >= 0.6 is 39.1 Å². The Morgan fingerprint density at radius 1 is 0.612 bits per heavy atom. The largest absolute Gasteiger partial charge is 0.406 e. The molecule has 0 aliphatic carbocycles. The van der Waals surface area contributed by atoms with Gasteiger partial charge in [-0.3, -0.25) is 19.6 Å². The van der Waals surface area contributed by atoms with Crippen LogP contribution in [0.1, 0.15) is 22.3 Å². The summed E-state index contributed by atoms with van der Waals surface area (Å²) in [5.74, 6) is -1.43. The number of anilines is 2. The summed E-state index contributed by atoms with van der Waals surface area (Å²) in [7, 11) is 0. The van der Waals surface area contributed by atoms with Gasteiger partial charge in [0.15, 0.2) is 0 Å². The molecule has 0 saturated heterocycles. The number of benzodiazepines with no additional fused rings is 2. The number of alkyl halides is 6. The van der Waals surface area contributed by atoms with E-state index in [-0.39, 0.29) is 17.9 Å². The molecule has 0 radical (unpaired) electrons. The normalized spacial score (nSPS) is 14.9. The van der Waals surface area contributed by atoms with Gasteiger partial charge in [0.25, 0.3) is 0 Å². The second-order valence-electron chi connectivity index (χ2n) is 10.7. The molecule has 6 nitrogen and oxygen atoms in total. The molecular weight excluding hydrogens is 761 g/mol. The first-order valence-corrected chi connectivity index (χ1v) is 15.9. The lowest BCUT2D eigenvalue weighted by atomic mass is 10.00. The van der Waals surface area contributed by atoms with Gasteiger partial charge in [0.05, 0.1) is 22.8 Å². The van der Waals surface area contributed by atoms with Crippen molar-refractivity contribution in [3.05, 3.63) is 128 Å². The first kappa shape index (κ1) is 36.1. The molecule has 4 aromatic carbocycles. The standard InChI is InChI=1S/C17H12BrF3N2O.C17H11Cl2F3N2O/c18-13-7-3-1-5-11(13)16-12-6-2-4-8-14(12)23(10-17(19,20)21)15(24)9-22-16;18-10-5-6-14-12(7-10)16(11-3-1-2-4-13(11)19)23-8-15(25)24(14)9-17(20,21)22/h1-8H,9-10H2;1-7H,8-9H2. The van der Waals surface area contributed by atoms with E-state index in [4.69, 9.17) is 23.2 Å². The van der Waals surface area contributed by atoms with E-state index in [0.717, 1.165) is 14.9 Å². The van der Waals surface area contributed by atoms with Gasteiger partial charge in [-0.05, 0) is 36.4 Å². The summed E-state index contributed by atoms with van der Waals surface area (Å²) >= 11 is 15.7. The summed E-state index contributed by atoms with van der Waals surface area (Å²) in [4.78, 5) is 34.4. The molecule has 0 atom stereocenters. The zero-order valence-electron chi connectivity index (χ0n) is 25.0. The Labute approximate surface area is 294 Å². The number of aliphatic imine (C=N–C) groups is 2. The van der Waals surface area contributed by atoms with E-state index in [1.165, 1.54) is 24.3 Å². The Kier molecular flexibility index (Phi) is 10.9. The maximum absolute atomic E-state index is 12.9. The van der Waals surface area contributed by atoms with Crippen LogP contribution in [0.25, 0.3) is 0 Å². The number of hydrogen-bond acceptors (Lipinski definition) is 4. The lowest BCUT2D eigenvalue weighted by Crippen LogP contribution is -2.40. The van der Waals surface area contributed by atoms with Crippen molar-refractivity contribution in [1.29, 1.82) is 0 Å². The van der Waals surface area contributed by atoms with Gasteiger partial charge in [-0.1, -0.05) is 93.7 Å². The van der Waals surface area contributed by atoms with E-state index in [2.05, 4.69) is 25.9 Å². The van der Waals surface area contributed by atoms with Crippen molar-refractivity contribution in [2.24, 2.45) is 9.98 Å². The van der Waals surface area contributed by atoms with Crippen molar-refractivity contribution < 1.29 is 35.9 Å². The minimum atomic E-state index is -4.54. The predicted octanol–water partition coefficient (Wildman–Crippen LogP) is 8.94. The molecule has 2 amide bonds. The third kappa shape index (κ3) is 8.70. The summed E-state index contributed by atoms with van der Waals surface area (Å²) < 4.78 is 78.2. The summed E-state index contributed by atoms with van der Waals surface area (Å²) in [6, 6.07) is 24.9. The van der Waals surface area contributed by atoms with Crippen LogP contribution in [0.5, 0.6) is 0 Å². The highest BCUT2D eigenvalue weighted by Crippen LogP contribution is 2.34. The molecule has 0 saturated carbocycles. The predicted molar refractivity (Wildman–Crippen MR) is 181 cm³/mol. The quantitative estimate of drug-likeness (QED) is 0.194. The molecule has 0 bridgehead atoms. The van der Waals surface area contributed by atoms with Gasteiger partial charge < -0.3 is 9.80 Å². The van der Waals surface area contributed by atoms with Gasteiger partial charge in [0, 0.05) is 36.8 Å². The zero-order chi connectivity index (χ0) is 35.5. The Hall–Kier alpha value is -4.20. The van der Waals surface area contributed by atoms with Gasteiger partial charge in [0.1, 0.15) is 26.2 Å². The van der Waals surface area contributed by atoms with Crippen LogP contribution < -0.4 is 9.80 Å². The number of amides is 2. The van der Waals surface area contributed by atoms with Crippen LogP contribution in [0, 0.1) is 0 Å². The second-order valence-corrected chi connectivity index (χ2v) is 12.4. The van der Waals surface area contributed by atoms with Gasteiger partial charge in [-0.25, -0.2) is 0 Å². The number of hydrogen-bond donors (Lipinski definition) is 0. The van der Waals surface area contributed by atoms with E-state index < -0.39 is 43.8 Å². The van der Waals surface area contributed by atoms with Crippen molar-refractivity contribution in [2.75, 3.05) is 36.0 Å². The molecule has 254 valence electrons. The molecule has 0 N–H and O–H groups in total. The van der Waals surface area contributed by atoms with Gasteiger partial charge in [-0.2, -0.15) is 26.3 Å². The molecule has 0 spiro atoms. The fraction of sp³-hybridized carbons (Fsp3) is 0.176. The Morgan fingerprint density at radius 2 is 1.08 bits per heavy atom. The summed E-state index contributed by atoms with van der Waals surface area (Å²) in [5.41, 5.74) is 3.23. The van der Waals surface area contributed by atoms with Crippen molar-refractivity contribution in [2.45, 2.75) is 12.4 Å². The topological polar surface area (TPSA) is 65.3 Å². The van der Waals surface area contributed by atoms with E-state index in [0.29, 0.717) is 43.1 Å². The Bertz CT molecular complexity index is 1970. The van der Waals surface area contributed by atoms with Gasteiger partial charge >= 0.3 is 12.4 Å². The highest BCUT2D eigenvalue weighted by molar-refractivity contribution is 9.10. The van der Waals surface area contributed by atoms with Crippen LogP contribution in [0.15, 0.2) is 105 Å². The molecule has 0 unspecified atom stereocenters. The minimum Gasteiger partial charge on any atom is -0.301 e. The molecule has 2 heterocycles. The highest BCUT2D eigenvalue weighted by Gasteiger charge is 2.37. The highest BCUT2D eigenvalue weighted by atomic mass is 79.9. The van der Waals surface area contributed by atoms with Crippen LogP contribution in [-0.2, 0) is 9.59 Å². The Morgan fingerprint density at radius 3 is 1.63 bits per heavy atom. The molecule has 2 aliphatic heterocycles. The lowest BCUT2D eigenvalue weighted by molar-refractivity contribution is -0.131. The number of carbonyl (C=O) groups is 2. The molecule has 15 heteroatoms. The first-order valence-electron chi connectivity index (χ1n) is 14.3. The first-order chi connectivity index (χ1) is 23.1. The number of benzene rings is 4. The van der Waals surface area contributed by atoms with Crippen LogP contribution in [0.4, 0.5) is 37.7 Å². The number of nitrogens with zero attached hydrogens (tertiary/aromatic N) is 4. The number of fused-ring (bicyclic) bond motifs is 2. The lowest BCUT2D eigenvalue weighted by Gasteiger charge is -2.24. The number of halogens is 9. The monoisotopic (exact) mass is 782 g/mol. The average molecular weight is 784 g/mol. The molecular formula is C34H23BrCl2F6N4O2. The molecule has 49 heavy (non-hydrogen) atoms. The van der Waals surface area contributed by atoms with Crippen LogP contribution in [0.2, 0.25) is 10.0 Å². The Balaban J connectivity index is 0.000000191. The van der Waals surface area contributed by atoms with Crippen LogP contribution in [0.3, 0.4) is 0 Å². The fourth-order valence-electron chi connectivity index (χ4n) is 5.22. The van der Waals surface area contributed by atoms with Crippen molar-refractivity contribution in [3.8, 4) is 0 Å². The smallest absolute Gasteiger partial charge is 0.301 e.